The molecular weight excluding hydrogens is 456 g/mol. The van der Waals surface area contributed by atoms with E-state index >= 15 is 0 Å². The van der Waals surface area contributed by atoms with Crippen molar-refractivity contribution < 1.29 is 24.6 Å². The van der Waals surface area contributed by atoms with E-state index in [4.69, 9.17) is 0 Å². The molecule has 1 fully saturated rings. The number of aliphatic carboxylic acids is 2. The van der Waals surface area contributed by atoms with Crippen molar-refractivity contribution in [1.29, 1.82) is 0 Å². The zero-order valence-electron chi connectivity index (χ0n) is 16.9. The van der Waals surface area contributed by atoms with Crippen LogP contribution < -0.4 is 0 Å². The Morgan fingerprint density at radius 3 is 2.33 bits per heavy atom. The van der Waals surface area contributed by atoms with E-state index < -0.39 is 18.0 Å². The van der Waals surface area contributed by atoms with Crippen LogP contribution in [0.1, 0.15) is 11.6 Å². The van der Waals surface area contributed by atoms with Gasteiger partial charge in [0.25, 0.3) is 0 Å². The predicted molar refractivity (Wildman–Crippen MR) is 114 cm³/mol. The number of carboxylic acids is 2. The molecule has 2 heterocycles. The van der Waals surface area contributed by atoms with Crippen molar-refractivity contribution in [2.24, 2.45) is 0 Å². The number of hydrogen-bond acceptors (Lipinski definition) is 5. The van der Waals surface area contributed by atoms with Gasteiger partial charge < -0.3 is 19.7 Å². The summed E-state index contributed by atoms with van der Waals surface area (Å²) in [7, 11) is 3.42. The number of halogens is 1. The largest absolute Gasteiger partial charge is 0.480 e. The summed E-state index contributed by atoms with van der Waals surface area (Å²) in [5.74, 6) is -1.96. The van der Waals surface area contributed by atoms with E-state index in [9.17, 15) is 24.6 Å². The first-order valence-electron chi connectivity index (χ1n) is 9.57. The van der Waals surface area contributed by atoms with Crippen molar-refractivity contribution >= 4 is 44.7 Å². The third kappa shape index (κ3) is 4.82. The summed E-state index contributed by atoms with van der Waals surface area (Å²) in [6, 6.07) is 4.52. The van der Waals surface area contributed by atoms with E-state index in [0.29, 0.717) is 49.2 Å². The molecule has 3 rings (SSSR count). The van der Waals surface area contributed by atoms with Gasteiger partial charge in [-0.1, -0.05) is 15.9 Å². The summed E-state index contributed by atoms with van der Waals surface area (Å²) in [5.41, 5.74) is 1.25. The fourth-order valence-electron chi connectivity index (χ4n) is 3.79. The van der Waals surface area contributed by atoms with E-state index in [1.54, 1.807) is 41.9 Å². The highest BCUT2D eigenvalue weighted by molar-refractivity contribution is 9.10. The zero-order chi connectivity index (χ0) is 22.0. The van der Waals surface area contributed by atoms with Gasteiger partial charge >= 0.3 is 11.9 Å². The minimum Gasteiger partial charge on any atom is -0.480 e. The standard InChI is InChI=1S/C20H25BrN4O5/c1-22(2)17(26)11-23-5-7-24(8-6-23)19(20(29)30)15-10-25(12-18(27)28)16-4-3-13(21)9-14(15)16/h3-4,9-10,19H,5-8,11-12H2,1-2H3,(H,27,28)(H,29,30)/t19-/m1/s1. The van der Waals surface area contributed by atoms with Gasteiger partial charge in [0.2, 0.25) is 5.91 Å². The molecule has 2 aromatic rings. The average Bonchev–Trinajstić information content (AvgIpc) is 2.99. The molecule has 1 aliphatic heterocycles. The number of carbonyl (C=O) groups excluding carboxylic acids is 1. The molecule has 1 aliphatic rings. The summed E-state index contributed by atoms with van der Waals surface area (Å²) in [5, 5.41) is 20.0. The fraction of sp³-hybridized carbons (Fsp3) is 0.450. The zero-order valence-corrected chi connectivity index (χ0v) is 18.5. The van der Waals surface area contributed by atoms with Gasteiger partial charge in [-0.3, -0.25) is 24.2 Å². The molecule has 0 unspecified atom stereocenters. The molecule has 0 aliphatic carbocycles. The topological polar surface area (TPSA) is 106 Å². The first-order valence-corrected chi connectivity index (χ1v) is 10.4. The number of aromatic nitrogens is 1. The Balaban J connectivity index is 1.88. The minimum absolute atomic E-state index is 0.0137. The third-order valence-corrected chi connectivity index (χ3v) is 5.83. The van der Waals surface area contributed by atoms with Crippen molar-refractivity contribution in [3.63, 3.8) is 0 Å². The van der Waals surface area contributed by atoms with E-state index in [1.165, 1.54) is 0 Å². The molecule has 10 heteroatoms. The van der Waals surface area contributed by atoms with Crippen LogP contribution in [0.3, 0.4) is 0 Å². The molecule has 30 heavy (non-hydrogen) atoms. The Labute approximate surface area is 182 Å². The first-order chi connectivity index (χ1) is 14.2. The van der Waals surface area contributed by atoms with Gasteiger partial charge in [-0.05, 0) is 18.2 Å². The van der Waals surface area contributed by atoms with E-state index in [-0.39, 0.29) is 12.5 Å². The van der Waals surface area contributed by atoms with Gasteiger partial charge in [0.15, 0.2) is 0 Å². The van der Waals surface area contributed by atoms with Crippen LogP contribution in [0.4, 0.5) is 0 Å². The maximum atomic E-state index is 12.3. The summed E-state index contributed by atoms with van der Waals surface area (Å²) >= 11 is 3.42. The number of benzene rings is 1. The van der Waals surface area contributed by atoms with E-state index in [1.807, 2.05) is 15.9 Å². The van der Waals surface area contributed by atoms with Crippen molar-refractivity contribution in [2.45, 2.75) is 12.6 Å². The van der Waals surface area contributed by atoms with Crippen molar-refractivity contribution in [2.75, 3.05) is 46.8 Å². The average molecular weight is 481 g/mol. The molecule has 0 radical (unpaired) electrons. The van der Waals surface area contributed by atoms with Crippen LogP contribution >= 0.6 is 15.9 Å². The third-order valence-electron chi connectivity index (χ3n) is 5.34. The maximum Gasteiger partial charge on any atom is 0.325 e. The quantitative estimate of drug-likeness (QED) is 0.615. The normalized spacial score (nSPS) is 16.5. The molecule has 9 nitrogen and oxygen atoms in total. The van der Waals surface area contributed by atoms with Crippen LogP contribution in [0, 0.1) is 0 Å². The van der Waals surface area contributed by atoms with E-state index in [0.717, 1.165) is 4.47 Å². The molecule has 1 saturated heterocycles. The first kappa shape index (κ1) is 22.3. The highest BCUT2D eigenvalue weighted by atomic mass is 79.9. The molecular formula is C20H25BrN4O5. The number of rotatable bonds is 7. The second kappa shape index (κ2) is 9.15. The molecule has 162 valence electrons. The number of carboxylic acid groups (broad SMARTS) is 2. The van der Waals surface area contributed by atoms with Crippen molar-refractivity contribution in [3.8, 4) is 0 Å². The number of nitrogens with zero attached hydrogens (tertiary/aromatic N) is 4. The monoisotopic (exact) mass is 480 g/mol. The summed E-state index contributed by atoms with van der Waals surface area (Å²) in [4.78, 5) is 40.9. The highest BCUT2D eigenvalue weighted by Gasteiger charge is 2.33. The summed E-state index contributed by atoms with van der Waals surface area (Å²) in [6.45, 7) is 2.23. The smallest absolute Gasteiger partial charge is 0.325 e. The van der Waals surface area contributed by atoms with Crippen LogP contribution in [-0.2, 0) is 20.9 Å². The molecule has 0 saturated carbocycles. The highest BCUT2D eigenvalue weighted by Crippen LogP contribution is 2.33. The molecule has 0 bridgehead atoms. The van der Waals surface area contributed by atoms with Crippen LogP contribution in [0.15, 0.2) is 28.9 Å². The van der Waals surface area contributed by atoms with Gasteiger partial charge in [-0.15, -0.1) is 0 Å². The Morgan fingerprint density at radius 2 is 1.77 bits per heavy atom. The predicted octanol–water partition coefficient (Wildman–Crippen LogP) is 1.32. The number of piperazine rings is 1. The number of likely N-dealkylation sites (N-methyl/N-ethyl adjacent to an activating group) is 1. The lowest BCUT2D eigenvalue weighted by molar-refractivity contribution is -0.145. The van der Waals surface area contributed by atoms with Crippen molar-refractivity contribution in [3.05, 3.63) is 34.4 Å². The van der Waals surface area contributed by atoms with Crippen LogP contribution in [0.25, 0.3) is 10.9 Å². The Kier molecular flexibility index (Phi) is 6.79. The van der Waals surface area contributed by atoms with Crippen LogP contribution in [0.2, 0.25) is 0 Å². The lowest BCUT2D eigenvalue weighted by Crippen LogP contribution is -2.51. The number of hydrogen-bond donors (Lipinski definition) is 2. The van der Waals surface area contributed by atoms with Gasteiger partial charge in [0.1, 0.15) is 12.6 Å². The Hall–Kier alpha value is -2.43. The van der Waals surface area contributed by atoms with Crippen molar-refractivity contribution in [1.82, 2.24) is 19.3 Å². The summed E-state index contributed by atoms with van der Waals surface area (Å²) in [6.07, 6.45) is 1.63. The van der Waals surface area contributed by atoms with E-state index in [2.05, 4.69) is 15.9 Å². The lowest BCUT2D eigenvalue weighted by atomic mass is 10.0. The van der Waals surface area contributed by atoms with Crippen LogP contribution in [-0.4, -0.2) is 94.1 Å². The molecule has 1 atom stereocenters. The molecule has 1 amide bonds. The Morgan fingerprint density at radius 1 is 1.10 bits per heavy atom. The van der Waals surface area contributed by atoms with Gasteiger partial charge in [-0.2, -0.15) is 0 Å². The summed E-state index contributed by atoms with van der Waals surface area (Å²) < 4.78 is 2.36. The van der Waals surface area contributed by atoms with Crippen LogP contribution in [0.5, 0.6) is 0 Å². The number of fused-ring (bicyclic) bond motifs is 1. The molecule has 1 aromatic carbocycles. The second-order valence-electron chi connectivity index (χ2n) is 7.61. The Bertz CT molecular complexity index is 966. The molecule has 0 spiro atoms. The molecule has 1 aromatic heterocycles. The van der Waals surface area contributed by atoms with Gasteiger partial charge in [0, 0.05) is 67.4 Å². The second-order valence-corrected chi connectivity index (χ2v) is 8.52. The van der Waals surface area contributed by atoms with Gasteiger partial charge in [0.05, 0.1) is 6.54 Å². The maximum absolute atomic E-state index is 12.3. The van der Waals surface area contributed by atoms with Gasteiger partial charge in [-0.25, -0.2) is 0 Å². The number of carbonyl (C=O) groups is 3. The SMILES string of the molecule is CN(C)C(=O)CN1CCN([C@@H](C(=O)O)c2cn(CC(=O)O)c3ccc(Br)cc23)CC1. The number of amides is 1. The molecule has 2 N–H and O–H groups in total. The lowest BCUT2D eigenvalue weighted by Gasteiger charge is -2.37. The fourth-order valence-corrected chi connectivity index (χ4v) is 4.15. The minimum atomic E-state index is -0.993.